The molecule has 0 saturated heterocycles. The molecule has 4 N–H and O–H groups in total. The van der Waals surface area contributed by atoms with Crippen LogP contribution in [0.25, 0.3) is 0 Å². The van der Waals surface area contributed by atoms with Crippen molar-refractivity contribution in [2.24, 2.45) is 5.73 Å². The molecule has 0 radical (unpaired) electrons. The topological polar surface area (TPSA) is 101 Å². The lowest BCUT2D eigenvalue weighted by atomic mass is 10.0. The molecular formula is C21H21F4N3O3. The number of hydrogen-bond donors (Lipinski definition) is 3. The average Bonchev–Trinajstić information content (AvgIpc) is 2.68. The second-order valence-electron chi connectivity index (χ2n) is 6.95. The van der Waals surface area contributed by atoms with Gasteiger partial charge in [-0.3, -0.25) is 14.4 Å². The minimum absolute atomic E-state index is 0.0253. The van der Waals surface area contributed by atoms with Gasteiger partial charge in [-0.2, -0.15) is 13.2 Å². The number of halogens is 4. The second kappa shape index (κ2) is 10.1. The monoisotopic (exact) mass is 439 g/mol. The van der Waals surface area contributed by atoms with Crippen molar-refractivity contribution in [3.63, 3.8) is 0 Å². The number of benzene rings is 2. The first kappa shape index (κ1) is 23.8. The minimum atomic E-state index is -4.50. The van der Waals surface area contributed by atoms with Crippen molar-refractivity contribution in [1.29, 1.82) is 0 Å². The van der Waals surface area contributed by atoms with Crippen LogP contribution in [0.15, 0.2) is 48.5 Å². The van der Waals surface area contributed by atoms with Crippen LogP contribution >= 0.6 is 0 Å². The summed E-state index contributed by atoms with van der Waals surface area (Å²) in [5.41, 5.74) is 5.41. The van der Waals surface area contributed by atoms with Crippen LogP contribution < -0.4 is 16.4 Å². The van der Waals surface area contributed by atoms with E-state index in [1.54, 1.807) is 0 Å². The Morgan fingerprint density at radius 1 is 0.871 bits per heavy atom. The van der Waals surface area contributed by atoms with Gasteiger partial charge in [0.2, 0.25) is 17.7 Å². The number of nitrogens with two attached hydrogens (primary N) is 1. The summed E-state index contributed by atoms with van der Waals surface area (Å²) in [6, 6.07) is 7.13. The highest BCUT2D eigenvalue weighted by molar-refractivity contribution is 5.91. The van der Waals surface area contributed by atoms with Crippen molar-refractivity contribution in [3.05, 3.63) is 71.0 Å². The number of nitrogens with one attached hydrogen (secondary N) is 2. The Kier molecular flexibility index (Phi) is 7.73. The van der Waals surface area contributed by atoms with Crippen LogP contribution in [0, 0.1) is 5.82 Å². The van der Waals surface area contributed by atoms with Crippen molar-refractivity contribution in [3.8, 4) is 0 Å². The van der Waals surface area contributed by atoms with E-state index in [1.165, 1.54) is 43.3 Å². The predicted octanol–water partition coefficient (Wildman–Crippen LogP) is 2.10. The van der Waals surface area contributed by atoms with E-state index in [2.05, 4.69) is 10.6 Å². The second-order valence-corrected chi connectivity index (χ2v) is 6.95. The Labute approximate surface area is 175 Å². The van der Waals surface area contributed by atoms with Crippen LogP contribution in [0.4, 0.5) is 17.6 Å². The fourth-order valence-electron chi connectivity index (χ4n) is 2.87. The molecule has 0 spiro atoms. The lowest BCUT2D eigenvalue weighted by Crippen LogP contribution is -2.54. The summed E-state index contributed by atoms with van der Waals surface area (Å²) in [5, 5.41) is 4.88. The zero-order valence-electron chi connectivity index (χ0n) is 16.5. The molecule has 2 rings (SSSR count). The molecule has 166 valence electrons. The Balaban J connectivity index is 2.12. The average molecular weight is 439 g/mol. The molecule has 0 fully saturated rings. The molecule has 0 bridgehead atoms. The van der Waals surface area contributed by atoms with E-state index in [9.17, 15) is 31.9 Å². The van der Waals surface area contributed by atoms with Gasteiger partial charge in [-0.1, -0.05) is 24.3 Å². The van der Waals surface area contributed by atoms with E-state index in [4.69, 9.17) is 5.73 Å². The quantitative estimate of drug-likeness (QED) is 0.549. The smallest absolute Gasteiger partial charge is 0.368 e. The molecule has 10 heteroatoms. The normalized spacial score (nSPS) is 13.2. The molecule has 0 aromatic heterocycles. The number of primary amides is 1. The lowest BCUT2D eigenvalue weighted by Gasteiger charge is -2.22. The van der Waals surface area contributed by atoms with Crippen molar-refractivity contribution in [2.75, 3.05) is 0 Å². The number of carbonyl (C=O) groups is 3. The molecule has 31 heavy (non-hydrogen) atoms. The fraction of sp³-hybridized carbons (Fsp3) is 0.286. The van der Waals surface area contributed by atoms with Gasteiger partial charge in [-0.05, 0) is 35.4 Å². The number of rotatable bonds is 8. The Hall–Kier alpha value is -3.43. The first-order chi connectivity index (χ1) is 14.5. The maximum Gasteiger partial charge on any atom is 0.416 e. The summed E-state index contributed by atoms with van der Waals surface area (Å²) >= 11 is 0. The van der Waals surface area contributed by atoms with Gasteiger partial charge in [-0.15, -0.1) is 0 Å². The van der Waals surface area contributed by atoms with Crippen LogP contribution in [0.2, 0.25) is 0 Å². The molecule has 0 heterocycles. The highest BCUT2D eigenvalue weighted by atomic mass is 19.4. The van der Waals surface area contributed by atoms with Gasteiger partial charge in [0.05, 0.1) is 5.56 Å². The molecule has 2 aromatic carbocycles. The highest BCUT2D eigenvalue weighted by Crippen LogP contribution is 2.29. The highest BCUT2D eigenvalue weighted by Gasteiger charge is 2.30. The van der Waals surface area contributed by atoms with Gasteiger partial charge in [0.25, 0.3) is 0 Å². The van der Waals surface area contributed by atoms with Crippen molar-refractivity contribution in [1.82, 2.24) is 10.6 Å². The summed E-state index contributed by atoms with van der Waals surface area (Å²) in [7, 11) is 0. The summed E-state index contributed by atoms with van der Waals surface area (Å²) in [5.74, 6) is -2.57. The zero-order valence-corrected chi connectivity index (χ0v) is 16.5. The van der Waals surface area contributed by atoms with E-state index < -0.39 is 47.4 Å². The van der Waals surface area contributed by atoms with Gasteiger partial charge < -0.3 is 16.4 Å². The molecule has 0 aliphatic rings. The van der Waals surface area contributed by atoms with E-state index >= 15 is 0 Å². The first-order valence-corrected chi connectivity index (χ1v) is 9.23. The molecule has 2 aromatic rings. The van der Waals surface area contributed by atoms with E-state index in [1.807, 2.05) is 0 Å². The van der Waals surface area contributed by atoms with Gasteiger partial charge >= 0.3 is 6.18 Å². The molecule has 0 unspecified atom stereocenters. The first-order valence-electron chi connectivity index (χ1n) is 9.23. The molecule has 0 aliphatic carbocycles. The van der Waals surface area contributed by atoms with E-state index in [-0.39, 0.29) is 12.8 Å². The largest absolute Gasteiger partial charge is 0.416 e. The third kappa shape index (κ3) is 7.40. The zero-order chi connectivity index (χ0) is 23.2. The van der Waals surface area contributed by atoms with Gasteiger partial charge in [0.1, 0.15) is 17.9 Å². The van der Waals surface area contributed by atoms with Crippen LogP contribution in [-0.4, -0.2) is 29.8 Å². The maximum atomic E-state index is 13.1. The van der Waals surface area contributed by atoms with Gasteiger partial charge in [0, 0.05) is 19.8 Å². The molecule has 0 aliphatic heterocycles. The predicted molar refractivity (Wildman–Crippen MR) is 104 cm³/mol. The molecular weight excluding hydrogens is 418 g/mol. The van der Waals surface area contributed by atoms with Crippen LogP contribution in [0.1, 0.15) is 23.6 Å². The fourth-order valence-corrected chi connectivity index (χ4v) is 2.87. The van der Waals surface area contributed by atoms with Crippen LogP contribution in [-0.2, 0) is 33.4 Å². The van der Waals surface area contributed by atoms with Gasteiger partial charge in [-0.25, -0.2) is 4.39 Å². The SMILES string of the molecule is CC(=O)N[C@@H](Cc1ccc(F)cc1)C(=O)N[C@H](Cc1ccc(C(F)(F)F)cc1)C(N)=O. The Morgan fingerprint density at radius 3 is 1.81 bits per heavy atom. The van der Waals surface area contributed by atoms with Crippen LogP contribution in [0.5, 0.6) is 0 Å². The maximum absolute atomic E-state index is 13.1. The number of alkyl halides is 3. The lowest BCUT2D eigenvalue weighted by molar-refractivity contribution is -0.137. The Morgan fingerprint density at radius 2 is 1.35 bits per heavy atom. The van der Waals surface area contributed by atoms with Crippen molar-refractivity contribution < 1.29 is 31.9 Å². The number of hydrogen-bond acceptors (Lipinski definition) is 3. The molecule has 0 saturated carbocycles. The summed E-state index contributed by atoms with van der Waals surface area (Å²) in [4.78, 5) is 36.0. The van der Waals surface area contributed by atoms with Crippen LogP contribution in [0.3, 0.4) is 0 Å². The minimum Gasteiger partial charge on any atom is -0.368 e. The van der Waals surface area contributed by atoms with E-state index in [0.29, 0.717) is 11.1 Å². The number of amides is 3. The third-order valence-corrected chi connectivity index (χ3v) is 4.43. The van der Waals surface area contributed by atoms with Crippen molar-refractivity contribution >= 4 is 17.7 Å². The standard InChI is InChI=1S/C21H21F4N3O3/c1-12(29)27-18(11-14-4-8-16(22)9-5-14)20(31)28-17(19(26)30)10-13-2-6-15(7-3-13)21(23,24)25/h2-9,17-18H,10-11H2,1H3,(H2,26,30)(H,27,29)(H,28,31)/t17-,18+/m1/s1. The number of carbonyl (C=O) groups excluding carboxylic acids is 3. The Bertz CT molecular complexity index is 928. The molecule has 3 amide bonds. The molecule has 6 nitrogen and oxygen atoms in total. The summed E-state index contributed by atoms with van der Waals surface area (Å²) < 4.78 is 51.2. The summed E-state index contributed by atoms with van der Waals surface area (Å²) in [6.45, 7) is 1.21. The van der Waals surface area contributed by atoms with Gasteiger partial charge in [0.15, 0.2) is 0 Å². The van der Waals surface area contributed by atoms with Crippen molar-refractivity contribution in [2.45, 2.75) is 38.0 Å². The third-order valence-electron chi connectivity index (χ3n) is 4.43. The summed E-state index contributed by atoms with van der Waals surface area (Å²) in [6.07, 6.45) is -4.61. The molecule has 2 atom stereocenters. The van der Waals surface area contributed by atoms with E-state index in [0.717, 1.165) is 12.1 Å².